The van der Waals surface area contributed by atoms with Crippen molar-refractivity contribution in [1.29, 1.82) is 0 Å². The van der Waals surface area contributed by atoms with E-state index < -0.39 is 0 Å². The Morgan fingerprint density at radius 2 is 1.96 bits per heavy atom. The molecule has 0 spiro atoms. The fourth-order valence-corrected chi connectivity index (χ4v) is 3.93. The lowest BCUT2D eigenvalue weighted by atomic mass is 10.1. The highest BCUT2D eigenvalue weighted by Crippen LogP contribution is 2.20. The number of fused-ring (bicyclic) bond motifs is 1. The Morgan fingerprint density at radius 1 is 1.08 bits per heavy atom. The van der Waals surface area contributed by atoms with Crippen LogP contribution in [0, 0.1) is 13.8 Å². The van der Waals surface area contributed by atoms with Gasteiger partial charge in [0.15, 0.2) is 0 Å². The van der Waals surface area contributed by atoms with E-state index in [9.17, 15) is 0 Å². The Kier molecular flexibility index (Phi) is 6.66. The molecule has 0 aliphatic rings. The maximum Gasteiger partial charge on any atom is 0.253 e. The van der Waals surface area contributed by atoms with Gasteiger partial charge in [-0.05, 0) is 51.2 Å². The van der Waals surface area contributed by atoms with Crippen molar-refractivity contribution in [1.82, 2.24) is 29.4 Å². The number of hydrogen-bond donors (Lipinski definition) is 0. The summed E-state index contributed by atoms with van der Waals surface area (Å²) in [4.78, 5) is 9.27. The van der Waals surface area contributed by atoms with Crippen LogP contribution >= 0.6 is 11.8 Å². The summed E-state index contributed by atoms with van der Waals surface area (Å²) in [5.74, 6) is 1.76. The molecule has 3 aromatic heterocycles. The van der Waals surface area contributed by atoms with Gasteiger partial charge in [-0.15, -0.1) is 5.10 Å². The van der Waals surface area contributed by atoms with E-state index in [1.54, 1.807) is 11.8 Å². The van der Waals surface area contributed by atoms with Gasteiger partial charge >= 0.3 is 0 Å². The predicted molar refractivity (Wildman–Crippen MR) is 106 cm³/mol. The smallest absolute Gasteiger partial charge is 0.253 e. The van der Waals surface area contributed by atoms with Gasteiger partial charge < -0.3 is 0 Å². The Hall–Kier alpha value is -1.89. The highest BCUT2D eigenvalue weighted by Gasteiger charge is 2.13. The maximum absolute atomic E-state index is 4.67. The van der Waals surface area contributed by atoms with Crippen LogP contribution in [0.5, 0.6) is 0 Å². The second-order valence-corrected chi connectivity index (χ2v) is 7.71. The van der Waals surface area contributed by atoms with Gasteiger partial charge in [0.05, 0.1) is 0 Å². The lowest BCUT2D eigenvalue weighted by molar-refractivity contribution is 0.554. The summed E-state index contributed by atoms with van der Waals surface area (Å²) in [7, 11) is 0. The van der Waals surface area contributed by atoms with E-state index in [1.165, 1.54) is 30.5 Å². The number of aryl methyl sites for hydroxylation is 3. The molecule has 0 unspecified atom stereocenters. The van der Waals surface area contributed by atoms with E-state index in [1.807, 2.05) is 27.7 Å². The minimum atomic E-state index is 0.724. The molecule has 3 heterocycles. The summed E-state index contributed by atoms with van der Waals surface area (Å²) >= 11 is 1.73. The van der Waals surface area contributed by atoms with E-state index in [0.29, 0.717) is 0 Å². The van der Waals surface area contributed by atoms with Crippen molar-refractivity contribution >= 4 is 17.5 Å². The Balaban J connectivity index is 1.52. The lowest BCUT2D eigenvalue weighted by Gasteiger charge is -2.09. The van der Waals surface area contributed by atoms with Gasteiger partial charge in [0.1, 0.15) is 0 Å². The average Bonchev–Trinajstić information content (AvgIpc) is 3.27. The van der Waals surface area contributed by atoms with Gasteiger partial charge in [-0.3, -0.25) is 4.68 Å². The zero-order valence-electron chi connectivity index (χ0n) is 16.0. The van der Waals surface area contributed by atoms with Crippen LogP contribution in [0.4, 0.5) is 0 Å². The van der Waals surface area contributed by atoms with Crippen LogP contribution in [0.25, 0.3) is 5.78 Å². The molecular formula is C19H28N6S. The number of hydrogen-bond acceptors (Lipinski definition) is 5. The molecule has 0 saturated carbocycles. The van der Waals surface area contributed by atoms with E-state index in [4.69, 9.17) is 0 Å². The monoisotopic (exact) mass is 372 g/mol. The van der Waals surface area contributed by atoms with Crippen LogP contribution in [0.15, 0.2) is 23.6 Å². The fourth-order valence-electron chi connectivity index (χ4n) is 3.12. The number of unbranched alkanes of at least 4 members (excludes halogenated alkanes) is 3. The summed E-state index contributed by atoms with van der Waals surface area (Å²) in [5.41, 5.74) is 3.59. The third-order valence-electron chi connectivity index (χ3n) is 4.63. The highest BCUT2D eigenvalue weighted by atomic mass is 32.2. The normalized spacial score (nSPS) is 11.5. The first-order valence-electron chi connectivity index (χ1n) is 9.52. The van der Waals surface area contributed by atoms with E-state index in [0.717, 1.165) is 48.2 Å². The summed E-state index contributed by atoms with van der Waals surface area (Å²) in [6.07, 6.45) is 10.8. The van der Waals surface area contributed by atoms with Crippen LogP contribution in [0.2, 0.25) is 0 Å². The number of thioether (sulfide) groups is 1. The Labute approximate surface area is 159 Å². The second kappa shape index (κ2) is 9.16. The molecule has 0 radical (unpaired) electrons. The molecule has 0 aromatic carbocycles. The maximum atomic E-state index is 4.67. The van der Waals surface area contributed by atoms with E-state index in [2.05, 4.69) is 40.9 Å². The Bertz CT molecular complexity index is 824. The minimum Gasteiger partial charge on any atom is -0.273 e. The van der Waals surface area contributed by atoms with Gasteiger partial charge in [0.2, 0.25) is 5.16 Å². The van der Waals surface area contributed by atoms with Crippen LogP contribution in [-0.2, 0) is 13.0 Å². The molecule has 26 heavy (non-hydrogen) atoms. The number of rotatable bonds is 10. The minimum absolute atomic E-state index is 0.724. The van der Waals surface area contributed by atoms with Crippen molar-refractivity contribution in [3.05, 3.63) is 35.4 Å². The molecule has 0 aliphatic heterocycles. The fraction of sp³-hybridized carbons (Fsp3) is 0.579. The first kappa shape index (κ1) is 18.9. The summed E-state index contributed by atoms with van der Waals surface area (Å²) in [6, 6.07) is 1.97. The van der Waals surface area contributed by atoms with Gasteiger partial charge in [-0.25, -0.2) is 9.50 Å². The Morgan fingerprint density at radius 3 is 2.73 bits per heavy atom. The summed E-state index contributed by atoms with van der Waals surface area (Å²) in [6.45, 7) is 7.42. The second-order valence-electron chi connectivity index (χ2n) is 6.65. The molecule has 3 aromatic rings. The molecule has 0 N–H and O–H groups in total. The van der Waals surface area contributed by atoms with Crippen LogP contribution in [-0.4, -0.2) is 35.1 Å². The van der Waals surface area contributed by atoms with Crippen LogP contribution in [0.1, 0.15) is 56.0 Å². The molecule has 0 amide bonds. The topological polar surface area (TPSA) is 60.9 Å². The molecule has 0 saturated heterocycles. The van der Waals surface area contributed by atoms with Gasteiger partial charge in [-0.2, -0.15) is 10.1 Å². The molecular weight excluding hydrogens is 344 g/mol. The van der Waals surface area contributed by atoms with Crippen molar-refractivity contribution in [2.24, 2.45) is 0 Å². The van der Waals surface area contributed by atoms with Gasteiger partial charge in [-0.1, -0.05) is 31.5 Å². The van der Waals surface area contributed by atoms with Crippen LogP contribution in [0.3, 0.4) is 0 Å². The summed E-state index contributed by atoms with van der Waals surface area (Å²) in [5, 5.41) is 9.73. The predicted octanol–water partition coefficient (Wildman–Crippen LogP) is 4.24. The molecule has 0 fully saturated rings. The van der Waals surface area contributed by atoms with Crippen molar-refractivity contribution in [3.8, 4) is 0 Å². The van der Waals surface area contributed by atoms with Crippen LogP contribution < -0.4 is 0 Å². The first-order valence-corrected chi connectivity index (χ1v) is 10.5. The molecule has 6 nitrogen and oxygen atoms in total. The van der Waals surface area contributed by atoms with Crippen molar-refractivity contribution in [2.75, 3.05) is 5.75 Å². The zero-order valence-corrected chi connectivity index (χ0v) is 16.8. The van der Waals surface area contributed by atoms with Crippen molar-refractivity contribution < 1.29 is 0 Å². The summed E-state index contributed by atoms with van der Waals surface area (Å²) < 4.78 is 3.90. The van der Waals surface area contributed by atoms with Crippen molar-refractivity contribution in [2.45, 2.75) is 71.0 Å². The molecule has 0 bridgehead atoms. The quantitative estimate of drug-likeness (QED) is 0.393. The lowest BCUT2D eigenvalue weighted by Crippen LogP contribution is -2.05. The molecule has 140 valence electrons. The first-order chi connectivity index (χ1) is 12.7. The van der Waals surface area contributed by atoms with E-state index >= 15 is 0 Å². The average molecular weight is 373 g/mol. The van der Waals surface area contributed by atoms with Crippen molar-refractivity contribution in [3.63, 3.8) is 0 Å². The zero-order chi connectivity index (χ0) is 18.4. The third kappa shape index (κ3) is 4.63. The SMILES string of the molecule is CCCCc1c(C)nc2nc(SCCCCCn3cccn3)nn2c1C. The number of aromatic nitrogens is 6. The van der Waals surface area contributed by atoms with Gasteiger partial charge in [0, 0.05) is 36.1 Å². The number of nitrogens with zero attached hydrogens (tertiary/aromatic N) is 6. The molecule has 7 heteroatoms. The largest absolute Gasteiger partial charge is 0.273 e. The highest BCUT2D eigenvalue weighted by molar-refractivity contribution is 7.99. The standard InChI is InChI=1S/C19H28N6S/c1-4-5-10-17-15(2)21-18-22-19(23-25(18)16(17)3)26-14-8-6-7-12-24-13-9-11-20-24/h9,11,13H,4-8,10,12,14H2,1-3H3. The molecule has 0 atom stereocenters. The van der Waals surface area contributed by atoms with E-state index in [-0.39, 0.29) is 0 Å². The molecule has 3 rings (SSSR count). The third-order valence-corrected chi connectivity index (χ3v) is 5.56. The van der Waals surface area contributed by atoms with Gasteiger partial charge in [0.25, 0.3) is 5.78 Å². The molecule has 0 aliphatic carbocycles.